The van der Waals surface area contributed by atoms with Gasteiger partial charge in [-0.05, 0) is 54.5 Å². The van der Waals surface area contributed by atoms with Gasteiger partial charge in [-0.2, -0.15) is 11.8 Å². The first-order valence-electron chi connectivity index (χ1n) is 10.6. The molecule has 0 bridgehead atoms. The molecule has 1 N–H and O–H groups in total. The van der Waals surface area contributed by atoms with Crippen molar-refractivity contribution in [3.8, 4) is 0 Å². The predicted molar refractivity (Wildman–Crippen MR) is 137 cm³/mol. The smallest absolute Gasteiger partial charge is 0.264 e. The maximum absolute atomic E-state index is 13.4. The average molecular weight is 503 g/mol. The van der Waals surface area contributed by atoms with Crippen LogP contribution in [0.2, 0.25) is 5.02 Å². The lowest BCUT2D eigenvalue weighted by Gasteiger charge is -2.26. The molecule has 0 fully saturated rings. The van der Waals surface area contributed by atoms with Gasteiger partial charge in [-0.15, -0.1) is 0 Å². The first kappa shape index (κ1) is 25.1. The van der Waals surface area contributed by atoms with Crippen LogP contribution in [0.25, 0.3) is 0 Å². The van der Waals surface area contributed by atoms with Gasteiger partial charge in [0.15, 0.2) is 0 Å². The van der Waals surface area contributed by atoms with E-state index in [2.05, 4.69) is 17.4 Å². The second-order valence-electron chi connectivity index (χ2n) is 7.45. The summed E-state index contributed by atoms with van der Waals surface area (Å²) in [6.07, 6.45) is 0.796. The molecule has 1 amide bonds. The van der Waals surface area contributed by atoms with Crippen LogP contribution in [0.5, 0.6) is 0 Å². The molecule has 0 aliphatic carbocycles. The molecule has 3 rings (SSSR count). The lowest BCUT2D eigenvalue weighted by Crippen LogP contribution is -2.41. The summed E-state index contributed by atoms with van der Waals surface area (Å²) in [7, 11) is -3.95. The van der Waals surface area contributed by atoms with Crippen LogP contribution < -0.4 is 9.62 Å². The van der Waals surface area contributed by atoms with Crippen LogP contribution in [0.3, 0.4) is 0 Å². The zero-order valence-electron chi connectivity index (χ0n) is 18.4. The first-order valence-corrected chi connectivity index (χ1v) is 13.6. The normalized spacial score (nSPS) is 11.2. The van der Waals surface area contributed by atoms with Crippen molar-refractivity contribution >= 4 is 45.0 Å². The van der Waals surface area contributed by atoms with E-state index in [9.17, 15) is 13.2 Å². The molecule has 0 saturated carbocycles. The van der Waals surface area contributed by atoms with Crippen LogP contribution in [-0.4, -0.2) is 33.2 Å². The fourth-order valence-corrected chi connectivity index (χ4v) is 5.83. The van der Waals surface area contributed by atoms with Crippen molar-refractivity contribution in [1.82, 2.24) is 5.32 Å². The topological polar surface area (TPSA) is 66.5 Å². The van der Waals surface area contributed by atoms with E-state index in [0.29, 0.717) is 22.8 Å². The molecule has 0 aliphatic rings. The summed E-state index contributed by atoms with van der Waals surface area (Å²) in [6, 6.07) is 23.4. The summed E-state index contributed by atoms with van der Waals surface area (Å²) < 4.78 is 27.9. The van der Waals surface area contributed by atoms with Gasteiger partial charge in [0.05, 0.1) is 10.6 Å². The minimum Gasteiger partial charge on any atom is -0.354 e. The number of nitrogens with zero attached hydrogens (tertiary/aromatic N) is 1. The van der Waals surface area contributed by atoms with Gasteiger partial charge in [-0.3, -0.25) is 9.10 Å². The van der Waals surface area contributed by atoms with E-state index in [1.165, 1.54) is 17.7 Å². The SMILES string of the molecule is Cc1c(Cl)cccc1N(CC(=O)NCCCSCc1ccccc1)S(=O)(=O)c1ccccc1. The van der Waals surface area contributed by atoms with Crippen LogP contribution in [0, 0.1) is 6.92 Å². The summed E-state index contributed by atoms with van der Waals surface area (Å²) in [5.41, 5.74) is 2.26. The summed E-state index contributed by atoms with van der Waals surface area (Å²) >= 11 is 8.04. The maximum Gasteiger partial charge on any atom is 0.264 e. The Morgan fingerprint density at radius 1 is 0.970 bits per heavy atom. The monoisotopic (exact) mass is 502 g/mol. The largest absolute Gasteiger partial charge is 0.354 e. The van der Waals surface area contributed by atoms with E-state index in [-0.39, 0.29) is 17.3 Å². The third-order valence-electron chi connectivity index (χ3n) is 5.03. The van der Waals surface area contributed by atoms with E-state index >= 15 is 0 Å². The van der Waals surface area contributed by atoms with E-state index in [1.54, 1.807) is 55.1 Å². The number of benzene rings is 3. The minimum absolute atomic E-state index is 0.120. The van der Waals surface area contributed by atoms with Crippen LogP contribution in [-0.2, 0) is 20.6 Å². The van der Waals surface area contributed by atoms with Crippen molar-refractivity contribution < 1.29 is 13.2 Å². The first-order chi connectivity index (χ1) is 15.9. The minimum atomic E-state index is -3.95. The van der Waals surface area contributed by atoms with Gasteiger partial charge < -0.3 is 5.32 Å². The Kier molecular flexibility index (Phi) is 9.23. The zero-order chi connectivity index (χ0) is 23.7. The summed E-state index contributed by atoms with van der Waals surface area (Å²) in [4.78, 5) is 12.8. The quantitative estimate of drug-likeness (QED) is 0.362. The molecule has 0 aliphatic heterocycles. The van der Waals surface area contributed by atoms with Gasteiger partial charge in [0.25, 0.3) is 10.0 Å². The van der Waals surface area contributed by atoms with Crippen molar-refractivity contribution in [2.24, 2.45) is 0 Å². The van der Waals surface area contributed by atoms with Gasteiger partial charge in [0.2, 0.25) is 5.91 Å². The Balaban J connectivity index is 1.63. The molecule has 33 heavy (non-hydrogen) atoms. The van der Waals surface area contributed by atoms with Crippen LogP contribution in [0.4, 0.5) is 5.69 Å². The molecule has 0 spiro atoms. The second-order valence-corrected chi connectivity index (χ2v) is 10.8. The standard InChI is InChI=1S/C25H27ClN2O3S2/c1-20-23(26)14-8-15-24(20)28(33(30,31)22-12-6-3-7-13-22)18-25(29)27-16-9-17-32-19-21-10-4-2-5-11-21/h2-8,10-15H,9,16-19H2,1H3,(H,27,29). The van der Waals surface area contributed by atoms with Crippen LogP contribution in [0.1, 0.15) is 17.5 Å². The van der Waals surface area contributed by atoms with Gasteiger partial charge in [0, 0.05) is 17.3 Å². The number of hydrogen-bond donors (Lipinski definition) is 1. The zero-order valence-corrected chi connectivity index (χ0v) is 20.8. The Morgan fingerprint density at radius 3 is 2.33 bits per heavy atom. The Morgan fingerprint density at radius 2 is 1.64 bits per heavy atom. The van der Waals surface area contributed by atoms with Gasteiger partial charge in [-0.25, -0.2) is 8.42 Å². The highest BCUT2D eigenvalue weighted by atomic mass is 35.5. The van der Waals surface area contributed by atoms with Gasteiger partial charge in [-0.1, -0.05) is 66.2 Å². The van der Waals surface area contributed by atoms with E-state index in [1.807, 2.05) is 18.2 Å². The fourth-order valence-electron chi connectivity index (χ4n) is 3.24. The number of hydrogen-bond acceptors (Lipinski definition) is 4. The summed E-state index contributed by atoms with van der Waals surface area (Å²) in [6.45, 7) is 1.90. The maximum atomic E-state index is 13.4. The number of halogens is 1. The molecule has 0 aromatic heterocycles. The van der Waals surface area contributed by atoms with Crippen LogP contribution >= 0.6 is 23.4 Å². The highest BCUT2D eigenvalue weighted by Gasteiger charge is 2.28. The number of anilines is 1. The molecule has 0 radical (unpaired) electrons. The van der Waals surface area contributed by atoms with E-state index in [0.717, 1.165) is 22.2 Å². The highest BCUT2D eigenvalue weighted by molar-refractivity contribution is 7.98. The number of nitrogens with one attached hydrogen (secondary N) is 1. The van der Waals surface area contributed by atoms with Gasteiger partial charge in [0.1, 0.15) is 6.54 Å². The molecular weight excluding hydrogens is 476 g/mol. The number of carbonyl (C=O) groups excluding carboxylic acids is 1. The second kappa shape index (κ2) is 12.1. The molecular formula is C25H27ClN2O3S2. The molecule has 3 aromatic carbocycles. The molecule has 8 heteroatoms. The Bertz CT molecular complexity index is 1160. The molecule has 5 nitrogen and oxygen atoms in total. The average Bonchev–Trinajstić information content (AvgIpc) is 2.83. The third-order valence-corrected chi connectivity index (χ3v) is 8.32. The molecule has 0 unspecified atom stereocenters. The predicted octanol–water partition coefficient (Wildman–Crippen LogP) is 5.28. The lowest BCUT2D eigenvalue weighted by atomic mass is 10.2. The highest BCUT2D eigenvalue weighted by Crippen LogP contribution is 2.30. The van der Waals surface area contributed by atoms with Crippen LogP contribution in [0.15, 0.2) is 83.8 Å². The Labute approximate surface area is 205 Å². The van der Waals surface area contributed by atoms with Crippen molar-refractivity contribution in [2.75, 3.05) is 23.1 Å². The summed E-state index contributed by atoms with van der Waals surface area (Å²) in [5, 5.41) is 3.29. The number of amides is 1. The van der Waals surface area contributed by atoms with E-state index in [4.69, 9.17) is 11.6 Å². The van der Waals surface area contributed by atoms with E-state index < -0.39 is 10.0 Å². The van der Waals surface area contributed by atoms with Crippen molar-refractivity contribution in [3.63, 3.8) is 0 Å². The molecule has 3 aromatic rings. The molecule has 174 valence electrons. The number of sulfonamides is 1. The van der Waals surface area contributed by atoms with Crippen molar-refractivity contribution in [2.45, 2.75) is 24.0 Å². The lowest BCUT2D eigenvalue weighted by molar-refractivity contribution is -0.119. The van der Waals surface area contributed by atoms with Crippen molar-refractivity contribution in [1.29, 1.82) is 0 Å². The number of thioether (sulfide) groups is 1. The summed E-state index contributed by atoms with van der Waals surface area (Å²) in [5.74, 6) is 1.46. The van der Waals surface area contributed by atoms with Gasteiger partial charge >= 0.3 is 0 Å². The molecule has 0 atom stereocenters. The fraction of sp³-hybridized carbons (Fsp3) is 0.240. The number of carbonyl (C=O) groups is 1. The molecule has 0 saturated heterocycles. The Hall–Kier alpha value is -2.48. The third kappa shape index (κ3) is 7.00. The molecule has 0 heterocycles. The van der Waals surface area contributed by atoms with Crippen molar-refractivity contribution in [3.05, 3.63) is 95.0 Å². The number of rotatable bonds is 11.